The van der Waals surface area contributed by atoms with Gasteiger partial charge in [-0.2, -0.15) is 0 Å². The van der Waals surface area contributed by atoms with Gasteiger partial charge in [0.05, 0.1) is 17.7 Å². The molecular formula is C30H36BrN3O5S. The van der Waals surface area contributed by atoms with E-state index in [-0.39, 0.29) is 17.3 Å². The summed E-state index contributed by atoms with van der Waals surface area (Å²) in [5.41, 5.74) is 1.99. The molecule has 0 heterocycles. The van der Waals surface area contributed by atoms with E-state index in [2.05, 4.69) is 21.2 Å². The average molecular weight is 631 g/mol. The van der Waals surface area contributed by atoms with Crippen molar-refractivity contribution >= 4 is 43.5 Å². The molecule has 1 atom stereocenters. The maximum absolute atomic E-state index is 14.0. The maximum atomic E-state index is 14.0. The molecule has 40 heavy (non-hydrogen) atoms. The quantitative estimate of drug-likeness (QED) is 0.259. The molecule has 3 aromatic rings. The van der Waals surface area contributed by atoms with Gasteiger partial charge in [0.25, 0.3) is 10.0 Å². The number of sulfonamides is 1. The first kappa shape index (κ1) is 31.2. The first-order chi connectivity index (χ1) is 19.1. The van der Waals surface area contributed by atoms with Crippen LogP contribution in [0.15, 0.2) is 82.2 Å². The second-order valence-corrected chi connectivity index (χ2v) is 12.3. The standard InChI is InChI=1S/C30H36BrN3O5S/c1-5-6-18-32-30(36)23(3)33(20-24-8-7-9-27(19-24)39-4)29(35)21-34(26-14-12-25(31)13-15-26)40(37,38)28-16-10-22(2)11-17-28/h7-17,19,23H,5-6,18,20-21H2,1-4H3,(H,32,36)/t23-/m1/s1. The zero-order valence-corrected chi connectivity index (χ0v) is 25.7. The van der Waals surface area contributed by atoms with Crippen LogP contribution in [-0.4, -0.2) is 51.4 Å². The fraction of sp³-hybridized carbons (Fsp3) is 0.333. The summed E-state index contributed by atoms with van der Waals surface area (Å²) in [6.07, 6.45) is 1.73. The van der Waals surface area contributed by atoms with E-state index < -0.39 is 28.5 Å². The van der Waals surface area contributed by atoms with Gasteiger partial charge in [0, 0.05) is 17.6 Å². The molecule has 0 aromatic heterocycles. The number of aryl methyl sites for hydroxylation is 1. The minimum atomic E-state index is -4.11. The van der Waals surface area contributed by atoms with Gasteiger partial charge in [0.15, 0.2) is 0 Å². The zero-order chi connectivity index (χ0) is 29.3. The normalized spacial score (nSPS) is 11.9. The number of carbonyl (C=O) groups excluding carboxylic acids is 2. The number of carbonyl (C=O) groups is 2. The maximum Gasteiger partial charge on any atom is 0.264 e. The fourth-order valence-corrected chi connectivity index (χ4v) is 5.74. The Bertz CT molecular complexity index is 1400. The average Bonchev–Trinajstić information content (AvgIpc) is 2.95. The van der Waals surface area contributed by atoms with Crippen LogP contribution in [0.5, 0.6) is 5.75 Å². The van der Waals surface area contributed by atoms with Gasteiger partial charge in [-0.15, -0.1) is 0 Å². The Morgan fingerprint density at radius 3 is 2.33 bits per heavy atom. The Kier molecular flexibility index (Phi) is 11.2. The highest BCUT2D eigenvalue weighted by molar-refractivity contribution is 9.10. The number of anilines is 1. The molecule has 0 fully saturated rings. The van der Waals surface area contributed by atoms with Crippen LogP contribution in [0.2, 0.25) is 0 Å². The van der Waals surface area contributed by atoms with Crippen molar-refractivity contribution in [2.45, 2.75) is 51.1 Å². The van der Waals surface area contributed by atoms with E-state index in [1.807, 2.05) is 19.9 Å². The van der Waals surface area contributed by atoms with Gasteiger partial charge >= 0.3 is 0 Å². The van der Waals surface area contributed by atoms with Crippen LogP contribution < -0.4 is 14.4 Å². The van der Waals surface area contributed by atoms with Crippen LogP contribution in [0, 0.1) is 6.92 Å². The van der Waals surface area contributed by atoms with Crippen LogP contribution >= 0.6 is 15.9 Å². The smallest absolute Gasteiger partial charge is 0.264 e. The molecule has 0 aliphatic carbocycles. The minimum Gasteiger partial charge on any atom is -0.497 e. The third-order valence-corrected chi connectivity index (χ3v) is 8.80. The molecule has 0 radical (unpaired) electrons. The predicted octanol–water partition coefficient (Wildman–Crippen LogP) is 5.30. The third kappa shape index (κ3) is 8.08. The third-order valence-electron chi connectivity index (χ3n) is 6.49. The van der Waals surface area contributed by atoms with Gasteiger partial charge in [-0.05, 0) is 74.4 Å². The number of benzene rings is 3. The summed E-state index contributed by atoms with van der Waals surface area (Å²) in [5, 5.41) is 2.89. The number of rotatable bonds is 13. The van der Waals surface area contributed by atoms with Gasteiger partial charge in [-0.1, -0.05) is 59.1 Å². The van der Waals surface area contributed by atoms with Crippen molar-refractivity contribution in [1.29, 1.82) is 0 Å². The lowest BCUT2D eigenvalue weighted by molar-refractivity contribution is -0.139. The van der Waals surface area contributed by atoms with E-state index in [9.17, 15) is 18.0 Å². The molecule has 1 N–H and O–H groups in total. The summed E-state index contributed by atoms with van der Waals surface area (Å²) in [6.45, 7) is 5.65. The van der Waals surface area contributed by atoms with Crippen LogP contribution in [0.1, 0.15) is 37.8 Å². The number of nitrogens with one attached hydrogen (secondary N) is 1. The molecule has 0 bridgehead atoms. The number of nitrogens with zero attached hydrogens (tertiary/aromatic N) is 2. The van der Waals surface area contributed by atoms with Crippen molar-refractivity contribution in [3.05, 3.63) is 88.4 Å². The van der Waals surface area contributed by atoms with E-state index in [4.69, 9.17) is 4.74 Å². The molecule has 0 aliphatic heterocycles. The highest BCUT2D eigenvalue weighted by Gasteiger charge is 2.32. The number of hydrogen-bond acceptors (Lipinski definition) is 5. The molecule has 10 heteroatoms. The van der Waals surface area contributed by atoms with Crippen molar-refractivity contribution in [3.8, 4) is 5.75 Å². The van der Waals surface area contributed by atoms with Crippen molar-refractivity contribution in [3.63, 3.8) is 0 Å². The second kappa shape index (κ2) is 14.3. The Labute approximate surface area is 245 Å². The lowest BCUT2D eigenvalue weighted by Gasteiger charge is -2.32. The van der Waals surface area contributed by atoms with E-state index in [0.29, 0.717) is 18.0 Å². The van der Waals surface area contributed by atoms with E-state index >= 15 is 0 Å². The van der Waals surface area contributed by atoms with Crippen LogP contribution in [0.25, 0.3) is 0 Å². The monoisotopic (exact) mass is 629 g/mol. The first-order valence-electron chi connectivity index (χ1n) is 13.1. The predicted molar refractivity (Wildman–Crippen MR) is 161 cm³/mol. The van der Waals surface area contributed by atoms with Crippen molar-refractivity contribution < 1.29 is 22.7 Å². The molecule has 0 spiro atoms. The van der Waals surface area contributed by atoms with Crippen molar-refractivity contribution in [2.24, 2.45) is 0 Å². The zero-order valence-electron chi connectivity index (χ0n) is 23.3. The highest BCUT2D eigenvalue weighted by atomic mass is 79.9. The van der Waals surface area contributed by atoms with Crippen LogP contribution in [-0.2, 0) is 26.2 Å². The van der Waals surface area contributed by atoms with Crippen molar-refractivity contribution in [1.82, 2.24) is 10.2 Å². The molecule has 3 rings (SSSR count). The van der Waals surface area contributed by atoms with Gasteiger partial charge in [-0.3, -0.25) is 13.9 Å². The SMILES string of the molecule is CCCCNC(=O)[C@@H](C)N(Cc1cccc(OC)c1)C(=O)CN(c1ccc(Br)cc1)S(=O)(=O)c1ccc(C)cc1. The molecule has 214 valence electrons. The Hall–Kier alpha value is -3.37. The summed E-state index contributed by atoms with van der Waals surface area (Å²) in [4.78, 5) is 28.5. The summed E-state index contributed by atoms with van der Waals surface area (Å²) in [6, 6.07) is 19.6. The molecule has 2 amide bonds. The molecule has 0 unspecified atom stereocenters. The lowest BCUT2D eigenvalue weighted by atomic mass is 10.1. The Morgan fingerprint density at radius 2 is 1.70 bits per heavy atom. The lowest BCUT2D eigenvalue weighted by Crippen LogP contribution is -2.51. The van der Waals surface area contributed by atoms with Crippen LogP contribution in [0.4, 0.5) is 5.69 Å². The molecule has 0 saturated heterocycles. The Morgan fingerprint density at radius 1 is 1.02 bits per heavy atom. The topological polar surface area (TPSA) is 96.0 Å². The van der Waals surface area contributed by atoms with Crippen LogP contribution in [0.3, 0.4) is 0 Å². The van der Waals surface area contributed by atoms with Crippen molar-refractivity contribution in [2.75, 3.05) is 24.5 Å². The molecule has 0 aliphatic rings. The number of amides is 2. The Balaban J connectivity index is 2.00. The molecular weight excluding hydrogens is 594 g/mol. The number of ether oxygens (including phenoxy) is 1. The van der Waals surface area contributed by atoms with E-state index in [0.717, 1.165) is 32.7 Å². The number of unbranched alkanes of at least 4 members (excludes halogenated alkanes) is 1. The molecule has 0 saturated carbocycles. The number of halogens is 1. The summed E-state index contributed by atoms with van der Waals surface area (Å²) >= 11 is 3.38. The molecule has 3 aromatic carbocycles. The molecule has 8 nitrogen and oxygen atoms in total. The first-order valence-corrected chi connectivity index (χ1v) is 15.3. The summed E-state index contributed by atoms with van der Waals surface area (Å²) < 4.78 is 34.9. The largest absolute Gasteiger partial charge is 0.497 e. The van der Waals surface area contributed by atoms with Gasteiger partial charge in [0.2, 0.25) is 11.8 Å². The highest BCUT2D eigenvalue weighted by Crippen LogP contribution is 2.26. The van der Waals surface area contributed by atoms with Gasteiger partial charge in [0.1, 0.15) is 18.3 Å². The van der Waals surface area contributed by atoms with E-state index in [1.54, 1.807) is 68.6 Å². The minimum absolute atomic E-state index is 0.0681. The summed E-state index contributed by atoms with van der Waals surface area (Å²) in [5.74, 6) is -0.204. The van der Waals surface area contributed by atoms with E-state index in [1.165, 1.54) is 17.0 Å². The van der Waals surface area contributed by atoms with Gasteiger partial charge in [-0.25, -0.2) is 8.42 Å². The second-order valence-electron chi connectivity index (χ2n) is 9.49. The fourth-order valence-electron chi connectivity index (χ4n) is 4.06. The number of hydrogen-bond donors (Lipinski definition) is 1. The number of methoxy groups -OCH3 is 1. The summed E-state index contributed by atoms with van der Waals surface area (Å²) in [7, 11) is -2.56. The van der Waals surface area contributed by atoms with Gasteiger partial charge < -0.3 is 15.0 Å².